The summed E-state index contributed by atoms with van der Waals surface area (Å²) < 4.78 is 0. The minimum atomic E-state index is -3.38. The van der Waals surface area contributed by atoms with Gasteiger partial charge in [0.05, 0.1) is 0 Å². The van der Waals surface area contributed by atoms with Crippen molar-refractivity contribution < 1.29 is 29.4 Å². The van der Waals surface area contributed by atoms with Crippen molar-refractivity contribution in [1.29, 1.82) is 0 Å². The molecule has 0 radical (unpaired) electrons. The SMILES string of the molecule is CC.CC.OP(O)(O)=[Te].OP(O)(O)=[Te]. The predicted molar refractivity (Wildman–Crippen MR) is 61.4 cm³/mol. The van der Waals surface area contributed by atoms with Crippen LogP contribution in [0.5, 0.6) is 0 Å². The Morgan fingerprint density at radius 1 is 0.571 bits per heavy atom. The van der Waals surface area contributed by atoms with Crippen LogP contribution < -0.4 is 0 Å². The summed E-state index contributed by atoms with van der Waals surface area (Å²) in [4.78, 5) is 46.5. The molecule has 0 rings (SSSR count). The van der Waals surface area contributed by atoms with Gasteiger partial charge in [-0.25, -0.2) is 0 Å². The first-order chi connectivity index (χ1) is 6.00. The van der Waals surface area contributed by atoms with Crippen LogP contribution in [0.15, 0.2) is 0 Å². The summed E-state index contributed by atoms with van der Waals surface area (Å²) in [7, 11) is 0. The van der Waals surface area contributed by atoms with Crippen LogP contribution in [0, 0.1) is 0 Å². The molecule has 0 amide bonds. The Kier molecular flexibility index (Phi) is 27.3. The Bertz CT molecular complexity index is 138. The van der Waals surface area contributed by atoms with E-state index >= 15 is 0 Å². The van der Waals surface area contributed by atoms with E-state index in [1.165, 1.54) is 0 Å². The maximum atomic E-state index is 7.75. The van der Waals surface area contributed by atoms with E-state index in [9.17, 15) is 0 Å². The standard InChI is InChI=1S/2C2H6.2H3O3PTe/c2*1-2;2*1-4(2,3)5/h2*1-2H3;2*(H3,1,2,3,5). The summed E-state index contributed by atoms with van der Waals surface area (Å²) in [5.41, 5.74) is 0. The Morgan fingerprint density at radius 3 is 0.571 bits per heavy atom. The van der Waals surface area contributed by atoms with Crippen LogP contribution >= 0.6 is 10.3 Å². The molecule has 0 aliphatic heterocycles. The van der Waals surface area contributed by atoms with Crippen LogP contribution in [0.3, 0.4) is 0 Å². The average Bonchev–Trinajstić information content (AvgIpc) is 1.88. The molecule has 0 spiro atoms. The second-order valence-electron chi connectivity index (χ2n) is 1.03. The normalized spacial score (nSPS) is 9.29. The molecule has 0 aromatic heterocycles. The third kappa shape index (κ3) is 511. The van der Waals surface area contributed by atoms with E-state index in [2.05, 4.69) is 0 Å². The molecule has 0 aromatic rings. The molecule has 0 aliphatic rings. The quantitative estimate of drug-likeness (QED) is 0.209. The van der Waals surface area contributed by atoms with Crippen LogP contribution in [0.2, 0.25) is 0 Å². The molecule has 92 valence electrons. The minimum absolute atomic E-state index is 0.902. The van der Waals surface area contributed by atoms with Gasteiger partial charge in [0.15, 0.2) is 0 Å². The fourth-order valence-corrected chi connectivity index (χ4v) is 0. The van der Waals surface area contributed by atoms with Crippen molar-refractivity contribution in [3.8, 4) is 0 Å². The van der Waals surface area contributed by atoms with Gasteiger partial charge in [0, 0.05) is 0 Å². The first-order valence-electron chi connectivity index (χ1n) is 3.57. The summed E-state index contributed by atoms with van der Waals surface area (Å²) in [5, 5.41) is -6.76. The van der Waals surface area contributed by atoms with E-state index in [4.69, 9.17) is 29.4 Å². The molecule has 14 heavy (non-hydrogen) atoms. The van der Waals surface area contributed by atoms with E-state index in [0.29, 0.717) is 0 Å². The van der Waals surface area contributed by atoms with Gasteiger partial charge in [0.25, 0.3) is 0 Å². The molecule has 0 aliphatic carbocycles. The zero-order valence-electron chi connectivity index (χ0n) is 8.39. The summed E-state index contributed by atoms with van der Waals surface area (Å²) >= 11 is 1.80. The number of hydrogen-bond donors (Lipinski definition) is 6. The molecule has 0 saturated carbocycles. The van der Waals surface area contributed by atoms with E-state index in [1.807, 2.05) is 27.7 Å². The fraction of sp³-hybridized carbons (Fsp3) is 1.00. The Hall–Kier alpha value is 2.20. The molecule has 0 aromatic carbocycles. The van der Waals surface area contributed by atoms with Crippen molar-refractivity contribution in [2.75, 3.05) is 0 Å². The van der Waals surface area contributed by atoms with Crippen molar-refractivity contribution in [3.05, 3.63) is 0 Å². The van der Waals surface area contributed by atoms with Crippen LogP contribution in [-0.4, -0.2) is 71.8 Å². The van der Waals surface area contributed by atoms with Gasteiger partial charge in [-0.05, 0) is 0 Å². The molecular weight excluding hydrogens is 461 g/mol. The molecule has 6 N–H and O–H groups in total. The summed E-state index contributed by atoms with van der Waals surface area (Å²) in [6, 6.07) is 0. The van der Waals surface area contributed by atoms with E-state index in [-0.39, 0.29) is 0 Å². The van der Waals surface area contributed by atoms with Crippen molar-refractivity contribution in [2.24, 2.45) is 0 Å². The molecule has 0 unspecified atom stereocenters. The van der Waals surface area contributed by atoms with Gasteiger partial charge >= 0.3 is 82.2 Å². The molecule has 0 heterocycles. The Morgan fingerprint density at radius 2 is 0.571 bits per heavy atom. The topological polar surface area (TPSA) is 121 Å². The van der Waals surface area contributed by atoms with Gasteiger partial charge < -0.3 is 0 Å². The third-order valence-corrected chi connectivity index (χ3v) is 0. The van der Waals surface area contributed by atoms with Gasteiger partial charge in [-0.3, -0.25) is 0 Å². The molecule has 10 heteroatoms. The zero-order valence-corrected chi connectivity index (χ0v) is 14.8. The molecule has 6 nitrogen and oxygen atoms in total. The zero-order chi connectivity index (χ0) is 13.0. The van der Waals surface area contributed by atoms with Crippen LogP contribution in [0.1, 0.15) is 27.7 Å². The van der Waals surface area contributed by atoms with Crippen molar-refractivity contribution in [3.63, 3.8) is 0 Å². The van der Waals surface area contributed by atoms with Gasteiger partial charge in [0.1, 0.15) is 0 Å². The van der Waals surface area contributed by atoms with Crippen molar-refractivity contribution >= 4 is 52.8 Å². The van der Waals surface area contributed by atoms with Gasteiger partial charge in [-0.2, -0.15) is 0 Å². The van der Waals surface area contributed by atoms with Gasteiger partial charge in [-0.15, -0.1) is 0 Å². The number of rotatable bonds is 0. The van der Waals surface area contributed by atoms with Gasteiger partial charge in [-0.1, -0.05) is 27.7 Å². The summed E-state index contributed by atoms with van der Waals surface area (Å²) in [5.74, 6) is 0. The van der Waals surface area contributed by atoms with Gasteiger partial charge in [0.2, 0.25) is 0 Å². The second kappa shape index (κ2) is 15.2. The molecule has 0 bridgehead atoms. The van der Waals surface area contributed by atoms with Crippen LogP contribution in [0.4, 0.5) is 0 Å². The third-order valence-electron chi connectivity index (χ3n) is 0. The van der Waals surface area contributed by atoms with Crippen LogP contribution in [-0.2, 0) is 0 Å². The van der Waals surface area contributed by atoms with E-state index < -0.39 is 10.3 Å². The monoisotopic (exact) mass is 484 g/mol. The molecular formula is C4H18O6P2Te2. The summed E-state index contributed by atoms with van der Waals surface area (Å²) in [6.45, 7) is 8.00. The predicted octanol–water partition coefficient (Wildman–Crippen LogP) is -0.329. The molecule has 0 saturated heterocycles. The average molecular weight is 479 g/mol. The molecule has 0 atom stereocenters. The maximum absolute atomic E-state index is 7.75. The van der Waals surface area contributed by atoms with E-state index in [1.54, 1.807) is 0 Å². The number of hydrogen-bond acceptors (Lipinski definition) is 6. The summed E-state index contributed by atoms with van der Waals surface area (Å²) in [6.07, 6.45) is 0. The fourth-order valence-electron chi connectivity index (χ4n) is 0. The van der Waals surface area contributed by atoms with Crippen molar-refractivity contribution in [2.45, 2.75) is 27.7 Å². The first-order valence-corrected chi connectivity index (χ1v) is 12.9. The Balaban J connectivity index is -0.0000000528. The van der Waals surface area contributed by atoms with Crippen molar-refractivity contribution in [1.82, 2.24) is 0 Å². The van der Waals surface area contributed by atoms with E-state index in [0.717, 1.165) is 42.5 Å². The Labute approximate surface area is 109 Å². The second-order valence-corrected chi connectivity index (χ2v) is 11.5. The van der Waals surface area contributed by atoms with Crippen LogP contribution in [0.25, 0.3) is 0 Å². The molecule has 0 fully saturated rings. The first kappa shape index (κ1) is 25.1.